The maximum atomic E-state index is 12.4. The Hall–Kier alpha value is -2.86. The van der Waals surface area contributed by atoms with Gasteiger partial charge in [-0.05, 0) is 50.1 Å². The summed E-state index contributed by atoms with van der Waals surface area (Å²) in [6.07, 6.45) is 0.971. The van der Waals surface area contributed by atoms with Crippen LogP contribution in [0.25, 0.3) is 0 Å². The first-order chi connectivity index (χ1) is 16.9. The van der Waals surface area contributed by atoms with Crippen molar-refractivity contribution >= 4 is 5.71 Å². The van der Waals surface area contributed by atoms with E-state index in [1.807, 2.05) is 0 Å². The lowest BCUT2D eigenvalue weighted by atomic mass is 9.71. The normalized spacial score (nSPS) is 25.0. The molecule has 3 atom stereocenters. The second-order valence-electron chi connectivity index (χ2n) is 8.86. The van der Waals surface area contributed by atoms with Crippen LogP contribution in [0.2, 0.25) is 0 Å². The maximum absolute atomic E-state index is 12.4. The highest BCUT2D eigenvalue weighted by Crippen LogP contribution is 2.36. The molecule has 1 aliphatic carbocycles. The number of hydrogen-bond acceptors (Lipinski definition) is 8. The van der Waals surface area contributed by atoms with Gasteiger partial charge >= 0.3 is 6.36 Å². The van der Waals surface area contributed by atoms with Crippen molar-refractivity contribution in [1.29, 1.82) is 0 Å². The third kappa shape index (κ3) is 7.31. The van der Waals surface area contributed by atoms with Crippen molar-refractivity contribution in [3.63, 3.8) is 0 Å². The van der Waals surface area contributed by atoms with Crippen LogP contribution < -0.4 is 9.47 Å². The number of benzene rings is 1. The molecule has 1 aliphatic heterocycles. The molecule has 12 heteroatoms. The van der Waals surface area contributed by atoms with E-state index in [1.54, 1.807) is 11.0 Å². The minimum Gasteiger partial charge on any atom is -0.493 e. The number of alkyl halides is 3. The molecule has 0 amide bonds. The van der Waals surface area contributed by atoms with Gasteiger partial charge in [0.05, 0.1) is 32.1 Å². The van der Waals surface area contributed by atoms with Gasteiger partial charge in [-0.2, -0.15) is 5.10 Å². The molecule has 0 radical (unpaired) electrons. The summed E-state index contributed by atoms with van der Waals surface area (Å²) in [6, 6.07) is 5.34. The van der Waals surface area contributed by atoms with Gasteiger partial charge in [-0.25, -0.2) is 4.98 Å². The molecule has 4 rings (SSSR count). The van der Waals surface area contributed by atoms with Crippen molar-refractivity contribution in [3.05, 3.63) is 36.9 Å². The van der Waals surface area contributed by atoms with Crippen molar-refractivity contribution in [2.75, 3.05) is 39.5 Å². The van der Waals surface area contributed by atoms with Crippen LogP contribution in [0.15, 0.2) is 42.1 Å². The van der Waals surface area contributed by atoms with Gasteiger partial charge < -0.3 is 19.4 Å². The lowest BCUT2D eigenvalue weighted by molar-refractivity contribution is -0.274. The van der Waals surface area contributed by atoms with E-state index < -0.39 is 6.36 Å². The van der Waals surface area contributed by atoms with Crippen LogP contribution in [0, 0.1) is 17.8 Å². The summed E-state index contributed by atoms with van der Waals surface area (Å²) in [7, 11) is 0. The first-order valence-corrected chi connectivity index (χ1v) is 11.7. The molecule has 2 fully saturated rings. The summed E-state index contributed by atoms with van der Waals surface area (Å²) in [5.74, 6) is 0.209. The summed E-state index contributed by atoms with van der Waals surface area (Å²) in [6.45, 7) is 5.03. The SMILES string of the molecule is ON=C1[C@H](CCN2CCOCC2)CC[C@@H](COc2ccc(OC(F)(F)F)cc2)[C@@H]1Cn1cncn1. The zero-order valence-corrected chi connectivity index (χ0v) is 19.3. The minimum atomic E-state index is -4.74. The number of halogens is 3. The highest BCUT2D eigenvalue weighted by atomic mass is 19.4. The lowest BCUT2D eigenvalue weighted by Gasteiger charge is -2.37. The van der Waals surface area contributed by atoms with Gasteiger partial charge in [-0.15, -0.1) is 13.2 Å². The molecule has 1 aromatic heterocycles. The summed E-state index contributed by atoms with van der Waals surface area (Å²) in [5, 5.41) is 17.9. The second kappa shape index (κ2) is 11.7. The Bertz CT molecular complexity index is 934. The lowest BCUT2D eigenvalue weighted by Crippen LogP contribution is -2.43. The number of hydrogen-bond donors (Lipinski definition) is 1. The number of morpholine rings is 1. The molecule has 2 aromatic rings. The topological polar surface area (TPSA) is 94.2 Å². The Morgan fingerprint density at radius 3 is 2.51 bits per heavy atom. The molecule has 1 saturated carbocycles. The molecule has 0 unspecified atom stereocenters. The Morgan fingerprint density at radius 2 is 1.86 bits per heavy atom. The Balaban J connectivity index is 1.40. The average Bonchev–Trinajstić information content (AvgIpc) is 3.36. The first kappa shape index (κ1) is 25.2. The Morgan fingerprint density at radius 1 is 1.11 bits per heavy atom. The van der Waals surface area contributed by atoms with Crippen molar-refractivity contribution in [3.8, 4) is 11.5 Å². The predicted octanol–water partition coefficient (Wildman–Crippen LogP) is 3.45. The number of ether oxygens (including phenoxy) is 3. The van der Waals surface area contributed by atoms with Crippen LogP contribution >= 0.6 is 0 Å². The van der Waals surface area contributed by atoms with Crippen LogP contribution in [0.1, 0.15) is 19.3 Å². The van der Waals surface area contributed by atoms with Gasteiger partial charge in [-0.3, -0.25) is 9.58 Å². The van der Waals surface area contributed by atoms with Crippen molar-refractivity contribution < 1.29 is 32.6 Å². The van der Waals surface area contributed by atoms with Crippen molar-refractivity contribution in [2.45, 2.75) is 32.2 Å². The summed E-state index contributed by atoms with van der Waals surface area (Å²) in [4.78, 5) is 6.38. The number of oxime groups is 1. The van der Waals surface area contributed by atoms with Crippen molar-refractivity contribution in [2.24, 2.45) is 22.9 Å². The fraction of sp³-hybridized carbons (Fsp3) is 0.609. The summed E-state index contributed by atoms with van der Waals surface area (Å²) in [5.41, 5.74) is 0.738. The molecular weight excluding hydrogens is 467 g/mol. The first-order valence-electron chi connectivity index (χ1n) is 11.7. The van der Waals surface area contributed by atoms with Crippen LogP contribution in [0.5, 0.6) is 11.5 Å². The van der Waals surface area contributed by atoms with Gasteiger partial charge in [0.25, 0.3) is 0 Å². The fourth-order valence-corrected chi connectivity index (χ4v) is 4.83. The molecule has 9 nitrogen and oxygen atoms in total. The standard InChI is InChI=1S/C23H30F3N5O4/c24-23(25,26)35-20-5-3-19(4-6-20)34-14-18-2-1-17(7-8-30-9-11-33-12-10-30)22(29-32)21(18)13-31-16-27-15-28-31/h3-6,15-18,21,32H,1-2,7-14H2/t17-,18-,21-/m0/s1. The van der Waals surface area contributed by atoms with E-state index >= 15 is 0 Å². The molecule has 1 saturated heterocycles. The van der Waals surface area contributed by atoms with Crippen LogP contribution in [0.3, 0.4) is 0 Å². The smallest absolute Gasteiger partial charge is 0.493 e. The van der Waals surface area contributed by atoms with E-state index in [4.69, 9.17) is 9.47 Å². The molecule has 1 aromatic carbocycles. The predicted molar refractivity (Wildman–Crippen MR) is 119 cm³/mol. The fourth-order valence-electron chi connectivity index (χ4n) is 4.83. The third-order valence-corrected chi connectivity index (χ3v) is 6.64. The number of nitrogens with zero attached hydrogens (tertiary/aromatic N) is 5. The zero-order valence-electron chi connectivity index (χ0n) is 19.3. The van der Waals surface area contributed by atoms with Gasteiger partial charge in [0.2, 0.25) is 0 Å². The second-order valence-corrected chi connectivity index (χ2v) is 8.86. The van der Waals surface area contributed by atoms with E-state index in [-0.39, 0.29) is 23.5 Å². The van der Waals surface area contributed by atoms with Gasteiger partial charge in [0.1, 0.15) is 24.2 Å². The van der Waals surface area contributed by atoms with Crippen LogP contribution in [-0.2, 0) is 11.3 Å². The molecule has 2 aliphatic rings. The van der Waals surface area contributed by atoms with Gasteiger partial charge in [0.15, 0.2) is 0 Å². The number of rotatable bonds is 9. The van der Waals surface area contributed by atoms with E-state index in [0.717, 1.165) is 57.8 Å². The van der Waals surface area contributed by atoms with Crippen LogP contribution in [0.4, 0.5) is 13.2 Å². The van der Waals surface area contributed by atoms with E-state index in [9.17, 15) is 18.4 Å². The average molecular weight is 498 g/mol. The summed E-state index contributed by atoms with van der Waals surface area (Å²) < 4.78 is 54.1. The Labute approximate surface area is 201 Å². The van der Waals surface area contributed by atoms with E-state index in [1.165, 1.54) is 30.6 Å². The van der Waals surface area contributed by atoms with Gasteiger partial charge in [-0.1, -0.05) is 5.16 Å². The summed E-state index contributed by atoms with van der Waals surface area (Å²) >= 11 is 0. The molecule has 0 bridgehead atoms. The monoisotopic (exact) mass is 497 g/mol. The largest absolute Gasteiger partial charge is 0.573 e. The van der Waals surface area contributed by atoms with E-state index in [0.29, 0.717) is 18.9 Å². The van der Waals surface area contributed by atoms with Crippen LogP contribution in [-0.4, -0.2) is 76.4 Å². The molecule has 35 heavy (non-hydrogen) atoms. The highest BCUT2D eigenvalue weighted by molar-refractivity contribution is 5.89. The minimum absolute atomic E-state index is 0.0378. The molecule has 2 heterocycles. The molecular formula is C23H30F3N5O4. The molecule has 1 N–H and O–H groups in total. The van der Waals surface area contributed by atoms with Crippen molar-refractivity contribution in [1.82, 2.24) is 19.7 Å². The quantitative estimate of drug-likeness (QED) is 0.419. The Kier molecular flexibility index (Phi) is 8.45. The number of aromatic nitrogens is 3. The zero-order chi connectivity index (χ0) is 24.7. The van der Waals surface area contributed by atoms with Gasteiger partial charge in [0, 0.05) is 30.8 Å². The molecule has 192 valence electrons. The van der Waals surface area contributed by atoms with E-state index in [2.05, 4.69) is 24.9 Å². The maximum Gasteiger partial charge on any atom is 0.573 e. The molecule has 0 spiro atoms. The highest BCUT2D eigenvalue weighted by Gasteiger charge is 2.38. The third-order valence-electron chi connectivity index (χ3n) is 6.64.